The van der Waals surface area contributed by atoms with Crippen molar-refractivity contribution < 1.29 is 19.1 Å². The number of hydrogen-bond acceptors (Lipinski definition) is 4. The fraction of sp³-hybridized carbons (Fsp3) is 0.583. The third kappa shape index (κ3) is 4.20. The number of carbonyl (C=O) groups is 3. The second-order valence-electron chi connectivity index (χ2n) is 4.45. The molecule has 0 aromatic rings. The summed E-state index contributed by atoms with van der Waals surface area (Å²) in [6.45, 7) is 4.38. The molecule has 0 unspecified atom stereocenters. The zero-order valence-corrected chi connectivity index (χ0v) is 10.6. The lowest BCUT2D eigenvalue weighted by Crippen LogP contribution is -2.43. The number of ether oxygens (including phenoxy) is 1. The van der Waals surface area contributed by atoms with Crippen LogP contribution in [0.4, 0.5) is 4.79 Å². The van der Waals surface area contributed by atoms with Gasteiger partial charge in [-0.05, 0) is 5.92 Å². The van der Waals surface area contributed by atoms with Crippen molar-refractivity contribution in [3.8, 4) is 0 Å². The molecule has 0 aromatic carbocycles. The molecule has 6 nitrogen and oxygen atoms in total. The smallest absolute Gasteiger partial charge is 0.407 e. The highest BCUT2D eigenvalue weighted by Gasteiger charge is 2.24. The molecular weight excluding hydrogens is 236 g/mol. The van der Waals surface area contributed by atoms with E-state index in [1.165, 1.54) is 4.90 Å². The van der Waals surface area contributed by atoms with Crippen molar-refractivity contribution in [3.05, 3.63) is 12.2 Å². The fourth-order valence-electron chi connectivity index (χ4n) is 1.47. The van der Waals surface area contributed by atoms with Gasteiger partial charge >= 0.3 is 6.09 Å². The van der Waals surface area contributed by atoms with E-state index >= 15 is 0 Å². The van der Waals surface area contributed by atoms with E-state index < -0.39 is 12.1 Å². The van der Waals surface area contributed by atoms with Gasteiger partial charge in [0.15, 0.2) is 0 Å². The number of rotatable bonds is 5. The van der Waals surface area contributed by atoms with E-state index in [1.54, 1.807) is 12.2 Å². The third-order valence-corrected chi connectivity index (χ3v) is 2.39. The number of amides is 2. The lowest BCUT2D eigenvalue weighted by atomic mass is 10.2. The normalized spacial score (nSPS) is 17.9. The van der Waals surface area contributed by atoms with Crippen molar-refractivity contribution in [1.29, 1.82) is 0 Å². The molecule has 100 valence electrons. The molecule has 1 N–H and O–H groups in total. The number of alkyl carbamates (subject to hydrolysis) is 1. The molecule has 1 aliphatic rings. The van der Waals surface area contributed by atoms with Crippen molar-refractivity contribution in [2.45, 2.75) is 19.9 Å². The van der Waals surface area contributed by atoms with Crippen LogP contribution in [0.3, 0.4) is 0 Å². The monoisotopic (exact) mass is 254 g/mol. The summed E-state index contributed by atoms with van der Waals surface area (Å²) in [5.41, 5.74) is 0. The highest BCUT2D eigenvalue weighted by Crippen LogP contribution is 2.07. The maximum absolute atomic E-state index is 11.7. The maximum Gasteiger partial charge on any atom is 0.407 e. The predicted molar refractivity (Wildman–Crippen MR) is 64.9 cm³/mol. The molecule has 18 heavy (non-hydrogen) atoms. The third-order valence-electron chi connectivity index (χ3n) is 2.39. The Kier molecular flexibility index (Phi) is 5.35. The lowest BCUT2D eigenvalue weighted by Gasteiger charge is -2.20. The van der Waals surface area contributed by atoms with E-state index in [4.69, 9.17) is 4.74 Å². The van der Waals surface area contributed by atoms with Gasteiger partial charge in [0.1, 0.15) is 18.9 Å². The van der Waals surface area contributed by atoms with Gasteiger partial charge in [0.05, 0.1) is 6.61 Å². The van der Waals surface area contributed by atoms with E-state index in [-0.39, 0.29) is 18.4 Å². The van der Waals surface area contributed by atoms with Crippen LogP contribution in [-0.4, -0.2) is 48.9 Å². The highest BCUT2D eigenvalue weighted by molar-refractivity contribution is 5.85. The molecule has 1 atom stereocenters. The summed E-state index contributed by atoms with van der Waals surface area (Å²) in [5, 5.41) is 2.36. The van der Waals surface area contributed by atoms with Gasteiger partial charge in [-0.1, -0.05) is 26.0 Å². The van der Waals surface area contributed by atoms with Crippen LogP contribution in [0.25, 0.3) is 0 Å². The Morgan fingerprint density at radius 1 is 1.56 bits per heavy atom. The molecule has 0 saturated carbocycles. The van der Waals surface area contributed by atoms with E-state index in [0.717, 1.165) is 0 Å². The Hall–Kier alpha value is -1.85. The van der Waals surface area contributed by atoms with Crippen LogP contribution in [0, 0.1) is 5.92 Å². The van der Waals surface area contributed by atoms with Crippen molar-refractivity contribution in [1.82, 2.24) is 10.2 Å². The average Bonchev–Trinajstić information content (AvgIpc) is 2.81. The molecule has 0 fully saturated rings. The predicted octanol–water partition coefficient (Wildman–Crippen LogP) is 0.334. The largest absolute Gasteiger partial charge is 0.449 e. The summed E-state index contributed by atoms with van der Waals surface area (Å²) in [6, 6.07) is -0.522. The van der Waals surface area contributed by atoms with Gasteiger partial charge in [-0.2, -0.15) is 0 Å². The van der Waals surface area contributed by atoms with Crippen LogP contribution >= 0.6 is 0 Å². The molecule has 1 rings (SSSR count). The van der Waals surface area contributed by atoms with Gasteiger partial charge in [-0.3, -0.25) is 4.79 Å². The van der Waals surface area contributed by atoms with Crippen LogP contribution in [-0.2, 0) is 14.3 Å². The Balaban J connectivity index is 2.29. The van der Waals surface area contributed by atoms with Crippen LogP contribution in [0.15, 0.2) is 12.2 Å². The van der Waals surface area contributed by atoms with Crippen LogP contribution in [0.2, 0.25) is 0 Å². The van der Waals surface area contributed by atoms with Gasteiger partial charge in [0.25, 0.3) is 0 Å². The van der Waals surface area contributed by atoms with Gasteiger partial charge in [-0.15, -0.1) is 0 Å². The first-order chi connectivity index (χ1) is 8.54. The molecule has 0 radical (unpaired) electrons. The topological polar surface area (TPSA) is 75.7 Å². The zero-order valence-electron chi connectivity index (χ0n) is 10.6. The Morgan fingerprint density at radius 2 is 2.28 bits per heavy atom. The first kappa shape index (κ1) is 14.2. The summed E-state index contributed by atoms with van der Waals surface area (Å²) >= 11 is 0. The fourth-order valence-corrected chi connectivity index (χ4v) is 1.47. The van der Waals surface area contributed by atoms with E-state index in [9.17, 15) is 14.4 Å². The minimum Gasteiger partial charge on any atom is -0.449 e. The lowest BCUT2D eigenvalue weighted by molar-refractivity contribution is -0.132. The molecule has 6 heteroatoms. The minimum atomic E-state index is -0.619. The Labute approximate surface area is 106 Å². The van der Waals surface area contributed by atoms with Crippen molar-refractivity contribution >= 4 is 18.3 Å². The van der Waals surface area contributed by atoms with Crippen LogP contribution in [0.1, 0.15) is 13.8 Å². The second-order valence-corrected chi connectivity index (χ2v) is 4.45. The molecule has 2 amide bonds. The van der Waals surface area contributed by atoms with Gasteiger partial charge in [0.2, 0.25) is 5.91 Å². The molecule has 1 heterocycles. The second kappa shape index (κ2) is 6.78. The maximum atomic E-state index is 11.7. The first-order valence-electron chi connectivity index (χ1n) is 5.86. The SMILES string of the molecule is CC(C)COC(=O)NCC(=O)N1CC=C[C@H]1C=O. The van der Waals surface area contributed by atoms with E-state index in [1.807, 2.05) is 13.8 Å². The highest BCUT2D eigenvalue weighted by atomic mass is 16.5. The molecule has 0 aliphatic carbocycles. The van der Waals surface area contributed by atoms with Crippen molar-refractivity contribution in [2.24, 2.45) is 5.92 Å². The first-order valence-corrected chi connectivity index (χ1v) is 5.86. The average molecular weight is 254 g/mol. The number of nitrogens with zero attached hydrogens (tertiary/aromatic N) is 1. The molecule has 0 bridgehead atoms. The minimum absolute atomic E-state index is 0.164. The van der Waals surface area contributed by atoms with Crippen LogP contribution in [0.5, 0.6) is 0 Å². The Bertz CT molecular complexity index is 352. The molecule has 0 spiro atoms. The molecule has 0 aromatic heterocycles. The number of carbonyl (C=O) groups excluding carboxylic acids is 3. The van der Waals surface area contributed by atoms with Gasteiger partial charge in [-0.25, -0.2) is 4.79 Å². The molecule has 0 saturated heterocycles. The standard InChI is InChI=1S/C12H18N2O4/c1-9(2)8-18-12(17)13-6-11(16)14-5-3-4-10(14)7-15/h3-4,7,9-10H,5-6,8H2,1-2H3,(H,13,17)/t10-/m0/s1. The number of nitrogens with one attached hydrogen (secondary N) is 1. The number of aldehydes is 1. The van der Waals surface area contributed by atoms with E-state index in [2.05, 4.69) is 5.32 Å². The molecular formula is C12H18N2O4. The summed E-state index contributed by atoms with van der Waals surface area (Å²) in [4.78, 5) is 35.0. The summed E-state index contributed by atoms with van der Waals surface area (Å²) in [5.74, 6) is -0.0627. The van der Waals surface area contributed by atoms with Gasteiger partial charge < -0.3 is 19.7 Å². The van der Waals surface area contributed by atoms with E-state index in [0.29, 0.717) is 19.4 Å². The van der Waals surface area contributed by atoms with Crippen molar-refractivity contribution in [3.63, 3.8) is 0 Å². The summed E-state index contributed by atoms with van der Waals surface area (Å²) in [6.07, 6.45) is 3.47. The zero-order chi connectivity index (χ0) is 13.5. The summed E-state index contributed by atoms with van der Waals surface area (Å²) < 4.78 is 4.86. The number of hydrogen-bond donors (Lipinski definition) is 1. The summed E-state index contributed by atoms with van der Waals surface area (Å²) in [7, 11) is 0. The van der Waals surface area contributed by atoms with Crippen LogP contribution < -0.4 is 5.32 Å². The quantitative estimate of drug-likeness (QED) is 0.567. The Morgan fingerprint density at radius 3 is 2.89 bits per heavy atom. The molecule has 1 aliphatic heterocycles. The van der Waals surface area contributed by atoms with Gasteiger partial charge in [0, 0.05) is 6.54 Å². The van der Waals surface area contributed by atoms with Crippen molar-refractivity contribution in [2.75, 3.05) is 19.7 Å².